The van der Waals surface area contributed by atoms with Gasteiger partial charge in [-0.05, 0) is 36.2 Å². The van der Waals surface area contributed by atoms with Crippen molar-refractivity contribution in [2.45, 2.75) is 17.6 Å². The van der Waals surface area contributed by atoms with Crippen LogP contribution in [0.3, 0.4) is 0 Å². The fourth-order valence-corrected chi connectivity index (χ4v) is 2.58. The molecule has 0 bridgehead atoms. The quantitative estimate of drug-likeness (QED) is 0.751. The molecular formula is C15H13NS. The van der Waals surface area contributed by atoms with Crippen LogP contribution in [-0.2, 0) is 5.75 Å². The minimum absolute atomic E-state index is 0.728. The molecule has 0 aliphatic rings. The first kappa shape index (κ1) is 11.8. The van der Waals surface area contributed by atoms with Gasteiger partial charge in [0.1, 0.15) is 0 Å². The lowest BCUT2D eigenvalue weighted by molar-refractivity contribution is 1.27. The van der Waals surface area contributed by atoms with Crippen LogP contribution in [0.2, 0.25) is 0 Å². The minimum Gasteiger partial charge on any atom is -0.192 e. The molecule has 2 heteroatoms. The third-order valence-corrected chi connectivity index (χ3v) is 3.79. The number of nitriles is 1. The van der Waals surface area contributed by atoms with Gasteiger partial charge in [0.25, 0.3) is 0 Å². The number of aryl methyl sites for hydroxylation is 1. The maximum Gasteiger partial charge on any atom is 0.0991 e. The van der Waals surface area contributed by atoms with Crippen molar-refractivity contribution in [2.24, 2.45) is 0 Å². The molecule has 84 valence electrons. The molecular weight excluding hydrogens is 226 g/mol. The third kappa shape index (κ3) is 3.12. The maximum atomic E-state index is 8.80. The molecule has 17 heavy (non-hydrogen) atoms. The maximum absolute atomic E-state index is 8.80. The van der Waals surface area contributed by atoms with Crippen molar-refractivity contribution < 1.29 is 0 Å². The summed E-state index contributed by atoms with van der Waals surface area (Å²) in [6, 6.07) is 18.4. The molecule has 1 nitrogen and oxygen atoms in total. The first-order chi connectivity index (χ1) is 8.29. The number of hydrogen-bond donors (Lipinski definition) is 0. The van der Waals surface area contributed by atoms with E-state index in [-0.39, 0.29) is 0 Å². The standard InChI is InChI=1S/C15H13NS/c1-12-9-14(10-16)7-8-15(12)17-11-13-5-3-2-4-6-13/h2-9H,11H2,1H3. The smallest absolute Gasteiger partial charge is 0.0991 e. The Hall–Kier alpha value is -1.72. The van der Waals surface area contributed by atoms with Gasteiger partial charge < -0.3 is 0 Å². The van der Waals surface area contributed by atoms with Crippen LogP contribution in [0.15, 0.2) is 53.4 Å². The third-order valence-electron chi connectivity index (χ3n) is 2.54. The molecule has 0 aliphatic carbocycles. The van der Waals surface area contributed by atoms with Crippen LogP contribution in [0.25, 0.3) is 0 Å². The van der Waals surface area contributed by atoms with E-state index in [1.54, 1.807) is 0 Å². The number of rotatable bonds is 3. The predicted octanol–water partition coefficient (Wildman–Crippen LogP) is 4.16. The van der Waals surface area contributed by atoms with Crippen LogP contribution >= 0.6 is 11.8 Å². The van der Waals surface area contributed by atoms with Crippen LogP contribution in [-0.4, -0.2) is 0 Å². The monoisotopic (exact) mass is 239 g/mol. The van der Waals surface area contributed by atoms with Crippen molar-refractivity contribution in [2.75, 3.05) is 0 Å². The summed E-state index contributed by atoms with van der Waals surface area (Å²) in [5.74, 6) is 0.966. The summed E-state index contributed by atoms with van der Waals surface area (Å²) >= 11 is 1.81. The van der Waals surface area contributed by atoms with E-state index in [0.29, 0.717) is 0 Å². The number of thioether (sulfide) groups is 1. The van der Waals surface area contributed by atoms with Gasteiger partial charge >= 0.3 is 0 Å². The Morgan fingerprint density at radius 1 is 1.12 bits per heavy atom. The molecule has 0 atom stereocenters. The second-order valence-corrected chi connectivity index (χ2v) is 4.88. The first-order valence-electron chi connectivity index (χ1n) is 5.47. The molecule has 2 aromatic rings. The lowest BCUT2D eigenvalue weighted by atomic mass is 10.2. The predicted molar refractivity (Wildman–Crippen MR) is 71.9 cm³/mol. The number of benzene rings is 2. The van der Waals surface area contributed by atoms with Crippen molar-refractivity contribution in [3.05, 3.63) is 65.2 Å². The van der Waals surface area contributed by atoms with Crippen molar-refractivity contribution in [3.63, 3.8) is 0 Å². The molecule has 0 amide bonds. The Morgan fingerprint density at radius 3 is 2.53 bits per heavy atom. The molecule has 0 saturated heterocycles. The summed E-state index contributed by atoms with van der Waals surface area (Å²) in [4.78, 5) is 1.24. The van der Waals surface area contributed by atoms with Gasteiger partial charge in [0, 0.05) is 10.6 Å². The van der Waals surface area contributed by atoms with E-state index in [1.165, 1.54) is 16.0 Å². The van der Waals surface area contributed by atoms with Gasteiger partial charge in [0.05, 0.1) is 11.6 Å². The fraction of sp³-hybridized carbons (Fsp3) is 0.133. The second-order valence-electron chi connectivity index (χ2n) is 3.87. The SMILES string of the molecule is Cc1cc(C#N)ccc1SCc1ccccc1. The van der Waals surface area contributed by atoms with Crippen molar-refractivity contribution in [1.82, 2.24) is 0 Å². The minimum atomic E-state index is 0.728. The molecule has 0 unspecified atom stereocenters. The van der Waals surface area contributed by atoms with Gasteiger partial charge in [0.15, 0.2) is 0 Å². The van der Waals surface area contributed by atoms with Crippen LogP contribution < -0.4 is 0 Å². The summed E-state index contributed by atoms with van der Waals surface area (Å²) < 4.78 is 0. The van der Waals surface area contributed by atoms with E-state index in [4.69, 9.17) is 5.26 Å². The molecule has 0 radical (unpaired) electrons. The molecule has 2 rings (SSSR count). The van der Waals surface area contributed by atoms with E-state index in [9.17, 15) is 0 Å². The highest BCUT2D eigenvalue weighted by Gasteiger charge is 2.01. The topological polar surface area (TPSA) is 23.8 Å². The summed E-state index contributed by atoms with van der Waals surface area (Å²) in [5, 5.41) is 8.80. The highest BCUT2D eigenvalue weighted by atomic mass is 32.2. The largest absolute Gasteiger partial charge is 0.192 e. The van der Waals surface area contributed by atoms with Crippen LogP contribution in [0.1, 0.15) is 16.7 Å². The lowest BCUT2D eigenvalue weighted by Gasteiger charge is -2.05. The average Bonchev–Trinajstić information content (AvgIpc) is 2.38. The summed E-state index contributed by atoms with van der Waals surface area (Å²) in [6.45, 7) is 2.05. The molecule has 0 N–H and O–H groups in total. The molecule has 0 fully saturated rings. The zero-order valence-corrected chi connectivity index (χ0v) is 10.5. The van der Waals surface area contributed by atoms with Crippen LogP contribution in [0.4, 0.5) is 0 Å². The summed E-state index contributed by atoms with van der Waals surface area (Å²) in [5.41, 5.74) is 3.22. The fourth-order valence-electron chi connectivity index (χ4n) is 1.62. The normalized spacial score (nSPS) is 9.88. The molecule has 2 aromatic carbocycles. The van der Waals surface area contributed by atoms with Crippen molar-refractivity contribution in [1.29, 1.82) is 5.26 Å². The Bertz CT molecular complexity index is 541. The zero-order valence-electron chi connectivity index (χ0n) is 9.68. The lowest BCUT2D eigenvalue weighted by Crippen LogP contribution is -1.84. The van der Waals surface area contributed by atoms with Gasteiger partial charge in [-0.3, -0.25) is 0 Å². The molecule has 0 saturated carbocycles. The van der Waals surface area contributed by atoms with Crippen LogP contribution in [0, 0.1) is 18.3 Å². The Labute approximate surface area is 106 Å². The Morgan fingerprint density at radius 2 is 1.88 bits per heavy atom. The van der Waals surface area contributed by atoms with Gasteiger partial charge in [-0.1, -0.05) is 30.3 Å². The zero-order chi connectivity index (χ0) is 12.1. The number of hydrogen-bond acceptors (Lipinski definition) is 2. The second kappa shape index (κ2) is 5.56. The van der Waals surface area contributed by atoms with E-state index >= 15 is 0 Å². The molecule has 0 aromatic heterocycles. The van der Waals surface area contributed by atoms with E-state index in [0.717, 1.165) is 11.3 Å². The van der Waals surface area contributed by atoms with Gasteiger partial charge in [-0.25, -0.2) is 0 Å². The van der Waals surface area contributed by atoms with Gasteiger partial charge in [0.2, 0.25) is 0 Å². The Kier molecular flexibility index (Phi) is 3.85. The van der Waals surface area contributed by atoms with E-state index < -0.39 is 0 Å². The molecule has 0 aliphatic heterocycles. The van der Waals surface area contributed by atoms with Gasteiger partial charge in [-0.15, -0.1) is 11.8 Å². The first-order valence-corrected chi connectivity index (χ1v) is 6.45. The highest BCUT2D eigenvalue weighted by Crippen LogP contribution is 2.26. The average molecular weight is 239 g/mol. The van der Waals surface area contributed by atoms with Crippen LogP contribution in [0.5, 0.6) is 0 Å². The summed E-state index contributed by atoms with van der Waals surface area (Å²) in [6.07, 6.45) is 0. The molecule has 0 spiro atoms. The highest BCUT2D eigenvalue weighted by molar-refractivity contribution is 7.98. The Balaban J connectivity index is 2.08. The van der Waals surface area contributed by atoms with Gasteiger partial charge in [-0.2, -0.15) is 5.26 Å². The van der Waals surface area contributed by atoms with E-state index in [1.807, 2.05) is 43.0 Å². The number of nitrogens with zero attached hydrogens (tertiary/aromatic N) is 1. The molecule has 0 heterocycles. The van der Waals surface area contributed by atoms with Crippen molar-refractivity contribution in [3.8, 4) is 6.07 Å². The van der Waals surface area contributed by atoms with E-state index in [2.05, 4.69) is 30.3 Å². The van der Waals surface area contributed by atoms with Crippen molar-refractivity contribution >= 4 is 11.8 Å². The summed E-state index contributed by atoms with van der Waals surface area (Å²) in [7, 11) is 0.